The molecule has 0 radical (unpaired) electrons. The molecule has 1 heterocycles. The summed E-state index contributed by atoms with van der Waals surface area (Å²) in [5, 5.41) is -0.333. The van der Waals surface area contributed by atoms with Gasteiger partial charge in [-0.2, -0.15) is 0 Å². The molecular formula is C6H2BrClF3NO. The second-order valence-corrected chi connectivity index (χ2v) is 3.26. The van der Waals surface area contributed by atoms with E-state index in [1.165, 1.54) is 6.20 Å². The molecule has 0 unspecified atom stereocenters. The zero-order chi connectivity index (χ0) is 10.1. The monoisotopic (exact) mass is 275 g/mol. The molecule has 7 heteroatoms. The van der Waals surface area contributed by atoms with Crippen LogP contribution in [0.4, 0.5) is 13.2 Å². The van der Waals surface area contributed by atoms with E-state index in [1.54, 1.807) is 0 Å². The molecule has 13 heavy (non-hydrogen) atoms. The Morgan fingerprint density at radius 2 is 2.08 bits per heavy atom. The minimum Gasteiger partial charge on any atom is -0.402 e. The van der Waals surface area contributed by atoms with Crippen LogP contribution in [-0.2, 0) is 0 Å². The summed E-state index contributed by atoms with van der Waals surface area (Å²) in [5.74, 6) is -0.524. The fraction of sp³-hybridized carbons (Fsp3) is 0.167. The Bertz CT molecular complexity index is 317. The van der Waals surface area contributed by atoms with Crippen molar-refractivity contribution >= 4 is 27.5 Å². The number of ether oxygens (including phenoxy) is 1. The van der Waals surface area contributed by atoms with E-state index in [-0.39, 0.29) is 5.15 Å². The highest BCUT2D eigenvalue weighted by Gasteiger charge is 2.32. The van der Waals surface area contributed by atoms with Crippen molar-refractivity contribution in [3.05, 3.63) is 21.9 Å². The van der Waals surface area contributed by atoms with Crippen molar-refractivity contribution in [1.29, 1.82) is 0 Å². The highest BCUT2D eigenvalue weighted by Crippen LogP contribution is 2.30. The molecule has 0 saturated heterocycles. The Balaban J connectivity index is 2.94. The average molecular weight is 276 g/mol. The first-order chi connectivity index (χ1) is 5.88. The van der Waals surface area contributed by atoms with Crippen molar-refractivity contribution in [2.45, 2.75) is 6.36 Å². The number of aromatic nitrogens is 1. The van der Waals surface area contributed by atoms with E-state index in [2.05, 4.69) is 25.7 Å². The van der Waals surface area contributed by atoms with E-state index in [0.717, 1.165) is 6.07 Å². The molecule has 1 rings (SSSR count). The van der Waals surface area contributed by atoms with Crippen LogP contribution >= 0.6 is 27.5 Å². The zero-order valence-electron chi connectivity index (χ0n) is 5.90. The van der Waals surface area contributed by atoms with Crippen LogP contribution in [0.25, 0.3) is 0 Å². The first kappa shape index (κ1) is 10.6. The van der Waals surface area contributed by atoms with Crippen molar-refractivity contribution in [1.82, 2.24) is 4.98 Å². The Morgan fingerprint density at radius 1 is 1.46 bits per heavy atom. The number of hydrogen-bond acceptors (Lipinski definition) is 2. The molecule has 1 aromatic heterocycles. The van der Waals surface area contributed by atoms with Crippen LogP contribution in [0.2, 0.25) is 5.15 Å². The van der Waals surface area contributed by atoms with Crippen LogP contribution < -0.4 is 4.74 Å². The summed E-state index contributed by atoms with van der Waals surface area (Å²) in [7, 11) is 0. The van der Waals surface area contributed by atoms with Gasteiger partial charge in [-0.25, -0.2) is 4.98 Å². The largest absolute Gasteiger partial charge is 0.573 e. The number of hydrogen-bond donors (Lipinski definition) is 0. The van der Waals surface area contributed by atoms with E-state index in [4.69, 9.17) is 11.6 Å². The molecule has 0 aliphatic carbocycles. The van der Waals surface area contributed by atoms with Crippen LogP contribution in [0.1, 0.15) is 0 Å². The number of halogens is 5. The molecule has 72 valence electrons. The van der Waals surface area contributed by atoms with Crippen LogP contribution in [0.15, 0.2) is 16.7 Å². The first-order valence-electron chi connectivity index (χ1n) is 2.95. The first-order valence-corrected chi connectivity index (χ1v) is 4.12. The summed E-state index contributed by atoms with van der Waals surface area (Å²) in [6, 6.07) is 1.09. The lowest BCUT2D eigenvalue weighted by atomic mass is 10.5. The molecule has 0 atom stereocenters. The van der Waals surface area contributed by atoms with Crippen molar-refractivity contribution in [3.63, 3.8) is 0 Å². The second kappa shape index (κ2) is 3.71. The molecule has 0 fully saturated rings. The van der Waals surface area contributed by atoms with Crippen molar-refractivity contribution in [3.8, 4) is 5.75 Å². The molecule has 2 nitrogen and oxygen atoms in total. The van der Waals surface area contributed by atoms with Gasteiger partial charge in [0.15, 0.2) is 10.9 Å². The summed E-state index contributed by atoms with van der Waals surface area (Å²) in [6.45, 7) is 0. The van der Waals surface area contributed by atoms with Gasteiger partial charge in [0, 0.05) is 10.7 Å². The van der Waals surface area contributed by atoms with E-state index in [1.807, 2.05) is 0 Å². The number of rotatable bonds is 1. The molecule has 0 spiro atoms. The molecule has 0 aromatic carbocycles. The normalized spacial score (nSPS) is 11.5. The Morgan fingerprint density at radius 3 is 2.62 bits per heavy atom. The minimum atomic E-state index is -4.76. The lowest BCUT2D eigenvalue weighted by Crippen LogP contribution is -2.17. The fourth-order valence-corrected chi connectivity index (χ4v) is 1.05. The number of pyridine rings is 1. The highest BCUT2D eigenvalue weighted by molar-refractivity contribution is 9.10. The predicted molar refractivity (Wildman–Crippen MR) is 43.6 cm³/mol. The summed E-state index contributed by atoms with van der Waals surface area (Å²) >= 11 is 8.28. The third kappa shape index (κ3) is 3.40. The highest BCUT2D eigenvalue weighted by atomic mass is 79.9. The van der Waals surface area contributed by atoms with Gasteiger partial charge in [0.25, 0.3) is 0 Å². The summed E-state index contributed by atoms with van der Waals surface area (Å²) < 4.78 is 39.1. The van der Waals surface area contributed by atoms with Gasteiger partial charge in [-0.15, -0.1) is 13.2 Å². The predicted octanol–water partition coefficient (Wildman–Crippen LogP) is 3.40. The molecule has 0 aliphatic heterocycles. The van der Waals surface area contributed by atoms with Crippen LogP contribution in [0, 0.1) is 0 Å². The maximum absolute atomic E-state index is 11.7. The molecule has 0 amide bonds. The maximum atomic E-state index is 11.7. The smallest absolute Gasteiger partial charge is 0.402 e. The summed E-state index contributed by atoms with van der Waals surface area (Å²) in [4.78, 5) is 3.46. The Labute approximate surface area is 84.8 Å². The van der Waals surface area contributed by atoms with Gasteiger partial charge in [0.1, 0.15) is 0 Å². The van der Waals surface area contributed by atoms with Gasteiger partial charge in [0.05, 0.1) is 0 Å². The molecule has 1 aromatic rings. The van der Waals surface area contributed by atoms with E-state index >= 15 is 0 Å². The number of alkyl halides is 3. The lowest BCUT2D eigenvalue weighted by Gasteiger charge is -2.09. The SMILES string of the molecule is FC(F)(F)Oc1cc(Br)cnc1Cl. The topological polar surface area (TPSA) is 22.1 Å². The van der Waals surface area contributed by atoms with Crippen LogP contribution in [0.3, 0.4) is 0 Å². The standard InChI is InChI=1S/C6H2BrClF3NO/c7-3-1-4(5(8)12-2-3)13-6(9,10)11/h1-2H. The van der Waals surface area contributed by atoms with E-state index in [0.29, 0.717) is 4.47 Å². The van der Waals surface area contributed by atoms with Gasteiger partial charge >= 0.3 is 6.36 Å². The van der Waals surface area contributed by atoms with Gasteiger partial charge in [-0.05, 0) is 22.0 Å². The van der Waals surface area contributed by atoms with Gasteiger partial charge in [0.2, 0.25) is 0 Å². The quantitative estimate of drug-likeness (QED) is 0.734. The number of nitrogens with zero attached hydrogens (tertiary/aromatic N) is 1. The summed E-state index contributed by atoms with van der Waals surface area (Å²) in [6.07, 6.45) is -3.49. The summed E-state index contributed by atoms with van der Waals surface area (Å²) in [5.41, 5.74) is 0. The minimum absolute atomic E-state index is 0.333. The van der Waals surface area contributed by atoms with Crippen molar-refractivity contribution < 1.29 is 17.9 Å². The zero-order valence-corrected chi connectivity index (χ0v) is 8.24. The molecular weight excluding hydrogens is 274 g/mol. The third-order valence-corrected chi connectivity index (χ3v) is 1.72. The van der Waals surface area contributed by atoms with Crippen molar-refractivity contribution in [2.24, 2.45) is 0 Å². The average Bonchev–Trinajstić information content (AvgIpc) is 1.94. The maximum Gasteiger partial charge on any atom is 0.573 e. The Kier molecular flexibility index (Phi) is 3.02. The lowest BCUT2D eigenvalue weighted by molar-refractivity contribution is -0.274. The molecule has 0 bridgehead atoms. The molecule has 0 N–H and O–H groups in total. The molecule has 0 saturated carbocycles. The van der Waals surface area contributed by atoms with E-state index < -0.39 is 12.1 Å². The Hall–Kier alpha value is -0.490. The third-order valence-electron chi connectivity index (χ3n) is 0.999. The van der Waals surface area contributed by atoms with E-state index in [9.17, 15) is 13.2 Å². The van der Waals surface area contributed by atoms with Crippen molar-refractivity contribution in [2.75, 3.05) is 0 Å². The van der Waals surface area contributed by atoms with Crippen LogP contribution in [-0.4, -0.2) is 11.3 Å². The van der Waals surface area contributed by atoms with Gasteiger partial charge in [-0.1, -0.05) is 11.6 Å². The molecule has 0 aliphatic rings. The van der Waals surface area contributed by atoms with Gasteiger partial charge < -0.3 is 4.74 Å². The van der Waals surface area contributed by atoms with Crippen LogP contribution in [0.5, 0.6) is 5.75 Å². The second-order valence-electron chi connectivity index (χ2n) is 1.99. The fourth-order valence-electron chi connectivity index (χ4n) is 0.600. The van der Waals surface area contributed by atoms with Gasteiger partial charge in [-0.3, -0.25) is 0 Å².